The van der Waals surface area contributed by atoms with Crippen LogP contribution < -0.4 is 0 Å². The Morgan fingerprint density at radius 3 is 2.25 bits per heavy atom. The van der Waals surface area contributed by atoms with Crippen LogP contribution >= 0.6 is 0 Å². The van der Waals surface area contributed by atoms with Crippen LogP contribution in [0, 0.1) is 17.8 Å². The Bertz CT molecular complexity index is 426. The average Bonchev–Trinajstić information content (AvgIpc) is 2.62. The number of Topliss-reactive ketones (excluding diaryl/α,β-unsaturated/α-hetero) is 2. The summed E-state index contributed by atoms with van der Waals surface area (Å²) in [5.41, 5.74) is 0. The summed E-state index contributed by atoms with van der Waals surface area (Å²) in [4.78, 5) is 48.1. The number of amides is 2. The Hall–Kier alpha value is -1.52. The first kappa shape index (κ1) is 16.5. The molecule has 112 valence electrons. The predicted octanol–water partition coefficient (Wildman–Crippen LogP) is 1.59. The lowest BCUT2D eigenvalue weighted by molar-refractivity contribution is -0.139. The molecule has 0 bridgehead atoms. The molecule has 1 unspecified atom stereocenters. The van der Waals surface area contributed by atoms with E-state index in [1.165, 1.54) is 4.90 Å². The van der Waals surface area contributed by atoms with Gasteiger partial charge in [0.2, 0.25) is 11.8 Å². The van der Waals surface area contributed by atoms with Gasteiger partial charge in [0.05, 0.1) is 6.42 Å². The molecule has 0 saturated carbocycles. The summed E-state index contributed by atoms with van der Waals surface area (Å²) in [7, 11) is 0. The van der Waals surface area contributed by atoms with Crippen molar-refractivity contribution in [2.45, 2.75) is 47.0 Å². The van der Waals surface area contributed by atoms with E-state index >= 15 is 0 Å². The molecule has 0 aromatic carbocycles. The van der Waals surface area contributed by atoms with Gasteiger partial charge >= 0.3 is 0 Å². The zero-order chi connectivity index (χ0) is 15.4. The summed E-state index contributed by atoms with van der Waals surface area (Å²) in [5.74, 6) is -1.03. The van der Waals surface area contributed by atoms with E-state index in [4.69, 9.17) is 0 Å². The van der Waals surface area contributed by atoms with Crippen molar-refractivity contribution in [1.82, 2.24) is 4.90 Å². The second-order valence-electron chi connectivity index (χ2n) is 6.02. The highest BCUT2D eigenvalue weighted by Gasteiger charge is 2.39. The first-order chi connectivity index (χ1) is 9.23. The second kappa shape index (κ2) is 6.77. The number of carbonyl (C=O) groups excluding carboxylic acids is 4. The summed E-state index contributed by atoms with van der Waals surface area (Å²) in [6.45, 7) is 7.41. The van der Waals surface area contributed by atoms with Gasteiger partial charge in [-0.25, -0.2) is 0 Å². The van der Waals surface area contributed by atoms with Gasteiger partial charge in [-0.05, 0) is 5.92 Å². The van der Waals surface area contributed by atoms with Crippen LogP contribution in [0.5, 0.6) is 0 Å². The summed E-state index contributed by atoms with van der Waals surface area (Å²) in [6.07, 6.45) is 0.192. The zero-order valence-electron chi connectivity index (χ0n) is 12.6. The van der Waals surface area contributed by atoms with Gasteiger partial charge in [-0.2, -0.15) is 0 Å². The van der Waals surface area contributed by atoms with Crippen LogP contribution in [0.1, 0.15) is 47.0 Å². The van der Waals surface area contributed by atoms with Crippen molar-refractivity contribution >= 4 is 23.4 Å². The fourth-order valence-electron chi connectivity index (χ4n) is 2.19. The van der Waals surface area contributed by atoms with E-state index in [9.17, 15) is 19.2 Å². The molecule has 0 aromatic rings. The quantitative estimate of drug-likeness (QED) is 0.525. The molecular formula is C15H23NO4. The molecule has 2 amide bonds. The van der Waals surface area contributed by atoms with Crippen molar-refractivity contribution in [3.8, 4) is 0 Å². The number of ketones is 2. The summed E-state index contributed by atoms with van der Waals surface area (Å²) in [5, 5.41) is 0. The molecule has 0 spiro atoms. The van der Waals surface area contributed by atoms with Crippen LogP contribution in [0.4, 0.5) is 0 Å². The van der Waals surface area contributed by atoms with Gasteiger partial charge in [-0.1, -0.05) is 27.7 Å². The fraction of sp³-hybridized carbons (Fsp3) is 0.733. The van der Waals surface area contributed by atoms with Gasteiger partial charge < -0.3 is 0 Å². The van der Waals surface area contributed by atoms with Gasteiger partial charge in [0.15, 0.2) is 0 Å². The molecule has 5 nitrogen and oxygen atoms in total. The summed E-state index contributed by atoms with van der Waals surface area (Å²) in [6, 6.07) is 0. The maximum atomic E-state index is 12.0. The second-order valence-corrected chi connectivity index (χ2v) is 6.02. The van der Waals surface area contributed by atoms with Crippen LogP contribution in [0.3, 0.4) is 0 Å². The average molecular weight is 281 g/mol. The highest BCUT2D eigenvalue weighted by molar-refractivity contribution is 6.04. The lowest BCUT2D eigenvalue weighted by Gasteiger charge is -2.16. The maximum Gasteiger partial charge on any atom is 0.233 e. The molecule has 1 atom stereocenters. The first-order valence-corrected chi connectivity index (χ1v) is 7.12. The van der Waals surface area contributed by atoms with Crippen molar-refractivity contribution in [3.05, 3.63) is 0 Å². The van der Waals surface area contributed by atoms with Crippen molar-refractivity contribution in [2.75, 3.05) is 6.54 Å². The van der Waals surface area contributed by atoms with E-state index in [1.807, 2.05) is 13.8 Å². The highest BCUT2D eigenvalue weighted by atomic mass is 16.2. The number of imide groups is 1. The maximum absolute atomic E-state index is 12.0. The Morgan fingerprint density at radius 2 is 1.80 bits per heavy atom. The van der Waals surface area contributed by atoms with E-state index in [2.05, 4.69) is 0 Å². The molecule has 1 aliphatic heterocycles. The van der Waals surface area contributed by atoms with Crippen molar-refractivity contribution in [1.29, 1.82) is 0 Å². The number of carbonyl (C=O) groups is 4. The van der Waals surface area contributed by atoms with Gasteiger partial charge in [0.1, 0.15) is 11.6 Å². The van der Waals surface area contributed by atoms with Gasteiger partial charge in [0.25, 0.3) is 0 Å². The molecular weight excluding hydrogens is 258 g/mol. The molecule has 0 radical (unpaired) electrons. The SMILES string of the molecule is CC(C)C(=O)CC(=O)CCN1C(=O)CC(C(C)C)C1=O. The molecule has 1 saturated heterocycles. The van der Waals surface area contributed by atoms with Gasteiger partial charge in [-0.15, -0.1) is 0 Å². The topological polar surface area (TPSA) is 71.5 Å². The van der Waals surface area contributed by atoms with Crippen LogP contribution in [0.15, 0.2) is 0 Å². The standard InChI is InChI=1S/C15H23NO4/c1-9(2)12-8-14(19)16(15(12)20)6-5-11(17)7-13(18)10(3)4/h9-10,12H,5-8H2,1-4H3. The smallest absolute Gasteiger partial charge is 0.233 e. The Morgan fingerprint density at radius 1 is 1.20 bits per heavy atom. The van der Waals surface area contributed by atoms with E-state index in [0.29, 0.717) is 0 Å². The third kappa shape index (κ3) is 3.99. The minimum absolute atomic E-state index is 0.0702. The molecule has 5 heteroatoms. The molecule has 0 aliphatic carbocycles. The van der Waals surface area contributed by atoms with E-state index in [-0.39, 0.29) is 66.9 Å². The molecule has 1 heterocycles. The third-order valence-electron chi connectivity index (χ3n) is 3.71. The fourth-order valence-corrected chi connectivity index (χ4v) is 2.19. The highest BCUT2D eigenvalue weighted by Crippen LogP contribution is 2.26. The number of nitrogens with zero attached hydrogens (tertiary/aromatic N) is 1. The van der Waals surface area contributed by atoms with Crippen molar-refractivity contribution in [3.63, 3.8) is 0 Å². The zero-order valence-corrected chi connectivity index (χ0v) is 12.6. The van der Waals surface area contributed by atoms with Gasteiger partial charge in [0, 0.05) is 31.2 Å². The first-order valence-electron chi connectivity index (χ1n) is 7.12. The number of hydrogen-bond donors (Lipinski definition) is 0. The summed E-state index contributed by atoms with van der Waals surface area (Å²) >= 11 is 0. The van der Waals surface area contributed by atoms with Crippen LogP contribution in [-0.2, 0) is 19.2 Å². The Balaban J connectivity index is 2.50. The number of rotatable bonds is 7. The normalized spacial score (nSPS) is 19.3. The van der Waals surface area contributed by atoms with E-state index in [0.717, 1.165) is 0 Å². The molecule has 1 fully saturated rings. The minimum Gasteiger partial charge on any atom is -0.299 e. The number of likely N-dealkylation sites (tertiary alicyclic amines) is 1. The molecule has 0 aromatic heterocycles. The molecule has 0 N–H and O–H groups in total. The van der Waals surface area contributed by atoms with Crippen molar-refractivity contribution in [2.24, 2.45) is 17.8 Å². The summed E-state index contributed by atoms with van der Waals surface area (Å²) < 4.78 is 0. The third-order valence-corrected chi connectivity index (χ3v) is 3.71. The predicted molar refractivity (Wildman–Crippen MR) is 73.8 cm³/mol. The lowest BCUT2D eigenvalue weighted by Crippen LogP contribution is -2.33. The molecule has 1 aliphatic rings. The monoisotopic (exact) mass is 281 g/mol. The van der Waals surface area contributed by atoms with E-state index < -0.39 is 0 Å². The largest absolute Gasteiger partial charge is 0.299 e. The van der Waals surface area contributed by atoms with Crippen LogP contribution in [0.2, 0.25) is 0 Å². The van der Waals surface area contributed by atoms with Crippen LogP contribution in [0.25, 0.3) is 0 Å². The molecule has 20 heavy (non-hydrogen) atoms. The minimum atomic E-state index is -0.269. The number of hydrogen-bond acceptors (Lipinski definition) is 4. The molecule has 1 rings (SSSR count). The van der Waals surface area contributed by atoms with Crippen molar-refractivity contribution < 1.29 is 19.2 Å². The van der Waals surface area contributed by atoms with Crippen LogP contribution in [-0.4, -0.2) is 34.8 Å². The van der Waals surface area contributed by atoms with E-state index in [1.54, 1.807) is 13.8 Å². The Kier molecular flexibility index (Phi) is 5.60. The Labute approximate surface area is 119 Å². The lowest BCUT2D eigenvalue weighted by atomic mass is 9.94. The van der Waals surface area contributed by atoms with Gasteiger partial charge in [-0.3, -0.25) is 24.1 Å².